The normalized spacial score (nSPS) is 17.7. The highest BCUT2D eigenvalue weighted by Crippen LogP contribution is 2.26. The minimum atomic E-state index is -0.233. The Morgan fingerprint density at radius 1 is 1.50 bits per heavy atom. The lowest BCUT2D eigenvalue weighted by Gasteiger charge is -2.35. The van der Waals surface area contributed by atoms with Crippen molar-refractivity contribution in [2.45, 2.75) is 31.8 Å². The molecule has 0 atom stereocenters. The summed E-state index contributed by atoms with van der Waals surface area (Å²) in [5, 5.41) is 8.27. The molecule has 8 heteroatoms. The first-order valence-corrected chi connectivity index (χ1v) is 8.24. The van der Waals surface area contributed by atoms with Gasteiger partial charge in [0.15, 0.2) is 0 Å². The zero-order valence-electron chi connectivity index (χ0n) is 12.8. The highest BCUT2D eigenvalue weighted by Gasteiger charge is 2.32. The number of methoxy groups -OCH3 is 1. The smallest absolute Gasteiger partial charge is 0.275 e. The second-order valence-electron chi connectivity index (χ2n) is 5.39. The predicted molar refractivity (Wildman–Crippen MR) is 84.8 cm³/mol. The van der Waals surface area contributed by atoms with E-state index in [0.717, 1.165) is 25.0 Å². The van der Waals surface area contributed by atoms with Gasteiger partial charge in [0.25, 0.3) is 5.56 Å². The van der Waals surface area contributed by atoms with Gasteiger partial charge in [0.2, 0.25) is 10.1 Å². The van der Waals surface area contributed by atoms with E-state index in [2.05, 4.69) is 15.4 Å². The van der Waals surface area contributed by atoms with Crippen molar-refractivity contribution < 1.29 is 9.47 Å². The molecule has 0 aliphatic carbocycles. The monoisotopic (exact) mass is 324 g/mol. The molecule has 3 heterocycles. The Kier molecular flexibility index (Phi) is 4.42. The Morgan fingerprint density at radius 2 is 2.27 bits per heavy atom. The number of hydrogen-bond acceptors (Lipinski definition) is 7. The molecule has 0 unspecified atom stereocenters. The second kappa shape index (κ2) is 6.31. The molecule has 0 amide bonds. The van der Waals surface area contributed by atoms with Gasteiger partial charge >= 0.3 is 0 Å². The lowest BCUT2D eigenvalue weighted by Crippen LogP contribution is -2.44. The van der Waals surface area contributed by atoms with E-state index in [1.807, 2.05) is 6.92 Å². The van der Waals surface area contributed by atoms with Gasteiger partial charge < -0.3 is 14.8 Å². The number of anilines is 1. The summed E-state index contributed by atoms with van der Waals surface area (Å²) in [6.45, 7) is 4.03. The molecular formula is C14H20N4O3S. The Hall–Kier alpha value is -1.51. The second-order valence-corrected chi connectivity index (χ2v) is 6.35. The summed E-state index contributed by atoms with van der Waals surface area (Å²) in [5.41, 5.74) is 0.417. The number of rotatable bonds is 5. The van der Waals surface area contributed by atoms with Crippen molar-refractivity contribution in [3.8, 4) is 0 Å². The summed E-state index contributed by atoms with van der Waals surface area (Å²) in [7, 11) is 1.73. The van der Waals surface area contributed by atoms with Crippen molar-refractivity contribution in [3.05, 3.63) is 22.1 Å². The number of hydrogen-bond donors (Lipinski definition) is 1. The van der Waals surface area contributed by atoms with Gasteiger partial charge in [-0.3, -0.25) is 4.79 Å². The Balaban J connectivity index is 1.79. The summed E-state index contributed by atoms with van der Waals surface area (Å²) in [6.07, 6.45) is 2.43. The van der Waals surface area contributed by atoms with E-state index in [4.69, 9.17) is 9.47 Å². The minimum Gasteiger partial charge on any atom is -0.381 e. The van der Waals surface area contributed by atoms with Crippen molar-refractivity contribution in [1.82, 2.24) is 14.6 Å². The van der Waals surface area contributed by atoms with Gasteiger partial charge in [0.1, 0.15) is 0 Å². The number of fused-ring (bicyclic) bond motifs is 1. The van der Waals surface area contributed by atoms with Crippen molar-refractivity contribution in [1.29, 1.82) is 0 Å². The lowest BCUT2D eigenvalue weighted by molar-refractivity contribution is -0.0807. The van der Waals surface area contributed by atoms with Gasteiger partial charge in [-0.05, 0) is 6.42 Å². The average Bonchev–Trinajstić information content (AvgIpc) is 2.97. The van der Waals surface area contributed by atoms with E-state index < -0.39 is 0 Å². The van der Waals surface area contributed by atoms with Crippen LogP contribution in [0.15, 0.2) is 10.9 Å². The summed E-state index contributed by atoms with van der Waals surface area (Å²) < 4.78 is 12.4. The molecule has 22 heavy (non-hydrogen) atoms. The number of aromatic nitrogens is 3. The zero-order chi connectivity index (χ0) is 15.6. The van der Waals surface area contributed by atoms with Crippen LogP contribution >= 0.6 is 11.3 Å². The molecule has 0 spiro atoms. The molecule has 2 aromatic heterocycles. The van der Waals surface area contributed by atoms with Crippen LogP contribution in [0.2, 0.25) is 0 Å². The Morgan fingerprint density at radius 3 is 2.95 bits per heavy atom. The molecule has 0 aromatic carbocycles. The van der Waals surface area contributed by atoms with E-state index in [-0.39, 0.29) is 11.2 Å². The fraction of sp³-hybridized carbons (Fsp3) is 0.643. The van der Waals surface area contributed by atoms with Gasteiger partial charge in [-0.25, -0.2) is 4.98 Å². The van der Waals surface area contributed by atoms with Crippen LogP contribution < -0.4 is 10.9 Å². The average molecular weight is 324 g/mol. The molecular weight excluding hydrogens is 304 g/mol. The predicted octanol–water partition coefficient (Wildman–Crippen LogP) is 1.32. The van der Waals surface area contributed by atoms with Gasteiger partial charge in [0.05, 0.1) is 5.60 Å². The summed E-state index contributed by atoms with van der Waals surface area (Å²) >= 11 is 1.38. The van der Waals surface area contributed by atoms with Crippen molar-refractivity contribution in [2.24, 2.45) is 0 Å². The van der Waals surface area contributed by atoms with Crippen LogP contribution in [-0.4, -0.2) is 47.1 Å². The van der Waals surface area contributed by atoms with Gasteiger partial charge in [-0.1, -0.05) is 18.3 Å². The minimum absolute atomic E-state index is 0.140. The molecule has 1 fully saturated rings. The summed E-state index contributed by atoms with van der Waals surface area (Å²) in [6, 6.07) is 1.53. The van der Waals surface area contributed by atoms with E-state index in [1.54, 1.807) is 7.11 Å². The maximum absolute atomic E-state index is 12.0. The first kappa shape index (κ1) is 15.4. The fourth-order valence-corrected chi connectivity index (χ4v) is 3.36. The topological polar surface area (TPSA) is 77.8 Å². The highest BCUT2D eigenvalue weighted by molar-refractivity contribution is 7.20. The third-order valence-electron chi connectivity index (χ3n) is 4.06. The quantitative estimate of drug-likeness (QED) is 0.894. The lowest BCUT2D eigenvalue weighted by atomic mass is 9.94. The number of ether oxygens (including phenoxy) is 2. The molecule has 1 saturated heterocycles. The van der Waals surface area contributed by atoms with Crippen molar-refractivity contribution in [3.63, 3.8) is 0 Å². The first-order valence-electron chi connectivity index (χ1n) is 7.42. The molecule has 1 aliphatic heterocycles. The third kappa shape index (κ3) is 2.99. The number of nitrogens with one attached hydrogen (secondary N) is 1. The summed E-state index contributed by atoms with van der Waals surface area (Å²) in [5.74, 6) is 0. The van der Waals surface area contributed by atoms with Crippen molar-refractivity contribution >= 4 is 21.4 Å². The van der Waals surface area contributed by atoms with Gasteiger partial charge in [-0.15, -0.1) is 5.10 Å². The maximum Gasteiger partial charge on any atom is 0.275 e. The van der Waals surface area contributed by atoms with E-state index in [1.165, 1.54) is 21.9 Å². The molecule has 120 valence electrons. The Bertz CT molecular complexity index is 706. The van der Waals surface area contributed by atoms with E-state index >= 15 is 0 Å². The molecule has 3 rings (SSSR count). The van der Waals surface area contributed by atoms with Crippen LogP contribution in [0.3, 0.4) is 0 Å². The molecule has 7 nitrogen and oxygen atoms in total. The SMILES string of the molecule is CCc1cc(=O)n2nc(NCC3(OC)CCOCC3)sc2n1. The van der Waals surface area contributed by atoms with E-state index in [9.17, 15) is 4.79 Å². The maximum atomic E-state index is 12.0. The largest absolute Gasteiger partial charge is 0.381 e. The highest BCUT2D eigenvalue weighted by atomic mass is 32.1. The molecule has 0 radical (unpaired) electrons. The molecule has 1 aliphatic rings. The van der Waals surface area contributed by atoms with Crippen LogP contribution in [0.5, 0.6) is 0 Å². The molecule has 0 saturated carbocycles. The Labute approximate surface area is 132 Å². The third-order valence-corrected chi connectivity index (χ3v) is 4.93. The zero-order valence-corrected chi connectivity index (χ0v) is 13.6. The van der Waals surface area contributed by atoms with Crippen LogP contribution in [0.1, 0.15) is 25.5 Å². The molecule has 0 bridgehead atoms. The van der Waals surface area contributed by atoms with Gasteiger partial charge in [0, 0.05) is 51.5 Å². The number of nitrogens with zero attached hydrogens (tertiary/aromatic N) is 3. The standard InChI is InChI=1S/C14H20N4O3S/c1-3-10-8-11(19)18-13(16-10)22-12(17-18)15-9-14(20-2)4-6-21-7-5-14/h8H,3-7,9H2,1-2H3,(H,15,17). The van der Waals surface area contributed by atoms with Gasteiger partial charge in [-0.2, -0.15) is 4.52 Å². The summed E-state index contributed by atoms with van der Waals surface area (Å²) in [4.78, 5) is 17.0. The molecule has 1 N–H and O–H groups in total. The van der Waals surface area contributed by atoms with Crippen LogP contribution in [0.4, 0.5) is 5.13 Å². The van der Waals surface area contributed by atoms with Crippen LogP contribution in [-0.2, 0) is 15.9 Å². The molecule has 2 aromatic rings. The number of aryl methyl sites for hydroxylation is 1. The van der Waals surface area contributed by atoms with E-state index in [0.29, 0.717) is 29.9 Å². The van der Waals surface area contributed by atoms with Crippen molar-refractivity contribution in [2.75, 3.05) is 32.2 Å². The van der Waals surface area contributed by atoms with Crippen LogP contribution in [0.25, 0.3) is 4.96 Å². The first-order chi connectivity index (χ1) is 10.7. The fourth-order valence-electron chi connectivity index (χ4n) is 2.54. The van der Waals surface area contributed by atoms with Crippen LogP contribution in [0, 0.1) is 0 Å².